The predicted octanol–water partition coefficient (Wildman–Crippen LogP) is 3.91. The summed E-state index contributed by atoms with van der Waals surface area (Å²) in [5, 5.41) is 1.96. The zero-order valence-electron chi connectivity index (χ0n) is 12.8. The summed E-state index contributed by atoms with van der Waals surface area (Å²) in [5.74, 6) is 0.0944. The van der Waals surface area contributed by atoms with Crippen molar-refractivity contribution in [3.05, 3.63) is 76.6 Å². The smallest absolute Gasteiger partial charge is 0.243 e. The van der Waals surface area contributed by atoms with Crippen molar-refractivity contribution in [2.75, 3.05) is 6.54 Å². The van der Waals surface area contributed by atoms with Gasteiger partial charge in [0.05, 0.1) is 17.7 Å². The van der Waals surface area contributed by atoms with Crippen LogP contribution in [0.2, 0.25) is 0 Å². The van der Waals surface area contributed by atoms with Crippen LogP contribution >= 0.6 is 11.3 Å². The molecule has 0 aliphatic rings. The molecule has 2 aromatic heterocycles. The van der Waals surface area contributed by atoms with E-state index in [1.165, 1.54) is 22.7 Å². The molecule has 0 unspecified atom stereocenters. The number of hydrogen-bond donors (Lipinski definition) is 0. The molecule has 3 rings (SSSR count). The van der Waals surface area contributed by atoms with Crippen LogP contribution in [0.5, 0.6) is 0 Å². The molecule has 0 aliphatic carbocycles. The first-order valence-corrected chi connectivity index (χ1v) is 9.68. The highest BCUT2D eigenvalue weighted by Crippen LogP contribution is 2.20. The number of sulfonamides is 1. The molecule has 0 fully saturated rings. The van der Waals surface area contributed by atoms with Gasteiger partial charge in [0.25, 0.3) is 0 Å². The Morgan fingerprint density at radius 2 is 1.88 bits per heavy atom. The number of furan rings is 1. The molecule has 7 heteroatoms. The van der Waals surface area contributed by atoms with Gasteiger partial charge in [0.15, 0.2) is 0 Å². The molecular weight excluding hydrogens is 349 g/mol. The maximum atomic E-state index is 13.1. The monoisotopic (exact) mass is 365 g/mol. The van der Waals surface area contributed by atoms with Gasteiger partial charge in [-0.1, -0.05) is 6.07 Å². The fraction of sp³-hybridized carbons (Fsp3) is 0.176. The first-order chi connectivity index (χ1) is 11.6. The molecule has 0 spiro atoms. The van der Waals surface area contributed by atoms with Crippen LogP contribution in [0, 0.1) is 5.82 Å². The molecule has 0 bridgehead atoms. The number of halogens is 1. The van der Waals surface area contributed by atoms with Gasteiger partial charge in [-0.3, -0.25) is 0 Å². The Bertz CT molecular complexity index is 857. The largest absolute Gasteiger partial charge is 0.468 e. The van der Waals surface area contributed by atoms with Crippen molar-refractivity contribution < 1.29 is 17.2 Å². The van der Waals surface area contributed by atoms with Crippen molar-refractivity contribution in [1.82, 2.24) is 4.31 Å². The molecule has 1 aromatic carbocycles. The van der Waals surface area contributed by atoms with Gasteiger partial charge < -0.3 is 4.42 Å². The molecule has 0 atom stereocenters. The lowest BCUT2D eigenvalue weighted by atomic mass is 10.3. The first-order valence-electron chi connectivity index (χ1n) is 7.36. The van der Waals surface area contributed by atoms with Crippen molar-refractivity contribution in [2.45, 2.75) is 17.9 Å². The van der Waals surface area contributed by atoms with E-state index in [1.54, 1.807) is 23.5 Å². The van der Waals surface area contributed by atoms with E-state index in [0.29, 0.717) is 18.7 Å². The summed E-state index contributed by atoms with van der Waals surface area (Å²) in [4.78, 5) is 1.18. The summed E-state index contributed by atoms with van der Waals surface area (Å²) in [7, 11) is -3.74. The molecule has 126 valence electrons. The van der Waals surface area contributed by atoms with E-state index in [2.05, 4.69) is 0 Å². The summed E-state index contributed by atoms with van der Waals surface area (Å²) in [6, 6.07) is 12.2. The highest BCUT2D eigenvalue weighted by molar-refractivity contribution is 7.89. The van der Waals surface area contributed by atoms with Crippen molar-refractivity contribution >= 4 is 21.4 Å². The van der Waals surface area contributed by atoms with E-state index in [9.17, 15) is 12.8 Å². The Morgan fingerprint density at radius 3 is 2.50 bits per heavy atom. The number of benzene rings is 1. The molecule has 2 heterocycles. The Labute approximate surface area is 144 Å². The topological polar surface area (TPSA) is 50.5 Å². The summed E-state index contributed by atoms with van der Waals surface area (Å²) in [5.41, 5.74) is 0. The maximum Gasteiger partial charge on any atom is 0.243 e. The molecule has 0 N–H and O–H groups in total. The van der Waals surface area contributed by atoms with Crippen molar-refractivity contribution in [2.24, 2.45) is 0 Å². The van der Waals surface area contributed by atoms with E-state index in [-0.39, 0.29) is 11.4 Å². The average Bonchev–Trinajstić information content (AvgIpc) is 3.25. The van der Waals surface area contributed by atoms with Crippen LogP contribution in [0.4, 0.5) is 4.39 Å². The summed E-state index contributed by atoms with van der Waals surface area (Å²) >= 11 is 1.59. The second kappa shape index (κ2) is 7.29. The SMILES string of the molecule is O=S(=O)(c1ccc(F)cc1)N(CCc1cccs1)Cc1ccco1. The third-order valence-corrected chi connectivity index (χ3v) is 6.35. The minimum atomic E-state index is -3.74. The van der Waals surface area contributed by atoms with Gasteiger partial charge in [0, 0.05) is 11.4 Å². The van der Waals surface area contributed by atoms with Crippen LogP contribution in [0.3, 0.4) is 0 Å². The van der Waals surface area contributed by atoms with Gasteiger partial charge in [0.2, 0.25) is 10.0 Å². The molecule has 0 saturated carbocycles. The average molecular weight is 365 g/mol. The van der Waals surface area contributed by atoms with E-state index in [1.807, 2.05) is 17.5 Å². The normalized spacial score (nSPS) is 11.9. The zero-order valence-corrected chi connectivity index (χ0v) is 14.4. The number of nitrogens with zero attached hydrogens (tertiary/aromatic N) is 1. The third-order valence-electron chi connectivity index (χ3n) is 3.55. The van der Waals surface area contributed by atoms with Gasteiger partial charge in [-0.2, -0.15) is 4.31 Å². The predicted molar refractivity (Wildman–Crippen MR) is 90.7 cm³/mol. The minimum absolute atomic E-state index is 0.0710. The lowest BCUT2D eigenvalue weighted by Gasteiger charge is -2.21. The maximum absolute atomic E-state index is 13.1. The van der Waals surface area contributed by atoms with Crippen molar-refractivity contribution in [1.29, 1.82) is 0 Å². The fourth-order valence-electron chi connectivity index (χ4n) is 2.31. The first kappa shape index (κ1) is 16.9. The van der Waals surface area contributed by atoms with Gasteiger partial charge in [-0.25, -0.2) is 12.8 Å². The lowest BCUT2D eigenvalue weighted by molar-refractivity contribution is 0.366. The van der Waals surface area contributed by atoms with Crippen LogP contribution in [-0.4, -0.2) is 19.3 Å². The fourth-order valence-corrected chi connectivity index (χ4v) is 4.41. The second-order valence-corrected chi connectivity index (χ2v) is 8.17. The number of rotatable bonds is 7. The summed E-state index contributed by atoms with van der Waals surface area (Å²) in [6.45, 7) is 0.457. The number of hydrogen-bond acceptors (Lipinski definition) is 4. The lowest BCUT2D eigenvalue weighted by Crippen LogP contribution is -2.32. The second-order valence-electron chi connectivity index (χ2n) is 5.20. The van der Waals surface area contributed by atoms with Gasteiger partial charge in [-0.15, -0.1) is 11.3 Å². The number of thiophene rings is 1. The standard InChI is InChI=1S/C17H16FNO3S2/c18-14-5-7-17(8-6-14)24(20,21)19(13-15-3-1-11-22-15)10-9-16-4-2-12-23-16/h1-8,11-12H,9-10,13H2. The molecule has 24 heavy (non-hydrogen) atoms. The van der Waals surface area contributed by atoms with Gasteiger partial charge in [0.1, 0.15) is 11.6 Å². The molecule has 3 aromatic rings. The molecular formula is C17H16FNO3S2. The highest BCUT2D eigenvalue weighted by atomic mass is 32.2. The zero-order chi connectivity index (χ0) is 17.0. The molecule has 4 nitrogen and oxygen atoms in total. The van der Waals surface area contributed by atoms with Crippen molar-refractivity contribution in [3.8, 4) is 0 Å². The van der Waals surface area contributed by atoms with Crippen LogP contribution in [0.25, 0.3) is 0 Å². The van der Waals surface area contributed by atoms with E-state index in [4.69, 9.17) is 4.42 Å². The molecule has 0 aliphatic heterocycles. The Balaban J connectivity index is 1.85. The molecule has 0 radical (unpaired) electrons. The van der Waals surface area contributed by atoms with E-state index in [0.717, 1.165) is 17.0 Å². The Hall–Kier alpha value is -1.96. The van der Waals surface area contributed by atoms with Crippen LogP contribution in [0.15, 0.2) is 69.5 Å². The van der Waals surface area contributed by atoms with E-state index < -0.39 is 15.8 Å². The van der Waals surface area contributed by atoms with Crippen LogP contribution in [-0.2, 0) is 23.0 Å². The summed E-state index contributed by atoms with van der Waals surface area (Å²) in [6.07, 6.45) is 2.12. The Morgan fingerprint density at radius 1 is 1.08 bits per heavy atom. The van der Waals surface area contributed by atoms with Gasteiger partial charge in [-0.05, 0) is 54.3 Å². The third kappa shape index (κ3) is 3.92. The highest BCUT2D eigenvalue weighted by Gasteiger charge is 2.25. The molecule has 0 amide bonds. The molecule has 0 saturated heterocycles. The van der Waals surface area contributed by atoms with Gasteiger partial charge >= 0.3 is 0 Å². The Kier molecular flexibility index (Phi) is 5.13. The van der Waals surface area contributed by atoms with Crippen molar-refractivity contribution in [3.63, 3.8) is 0 Å². The minimum Gasteiger partial charge on any atom is -0.468 e. The quantitative estimate of drug-likeness (QED) is 0.638. The van der Waals surface area contributed by atoms with E-state index >= 15 is 0 Å². The van der Waals surface area contributed by atoms with Crippen LogP contribution in [0.1, 0.15) is 10.6 Å². The summed E-state index contributed by atoms with van der Waals surface area (Å²) < 4.78 is 45.5. The van der Waals surface area contributed by atoms with Crippen LogP contribution < -0.4 is 0 Å².